The van der Waals surface area contributed by atoms with Crippen LogP contribution in [-0.4, -0.2) is 15.6 Å². The quantitative estimate of drug-likeness (QED) is 0.322. The van der Waals surface area contributed by atoms with Gasteiger partial charge in [0.1, 0.15) is 15.6 Å². The van der Waals surface area contributed by atoms with Crippen molar-refractivity contribution in [2.75, 3.05) is 0 Å². The van der Waals surface area contributed by atoms with Crippen molar-refractivity contribution in [1.29, 1.82) is 0 Å². The van der Waals surface area contributed by atoms with Crippen molar-refractivity contribution in [3.05, 3.63) is 24.3 Å². The monoisotopic (exact) mass is 138 g/mol. The fraction of sp³-hybridized carbons (Fsp3) is 0.286. The minimum atomic E-state index is 0.0526. The van der Waals surface area contributed by atoms with E-state index in [0.29, 0.717) is 0 Å². The van der Waals surface area contributed by atoms with Crippen molar-refractivity contribution in [3.63, 3.8) is 0 Å². The molecule has 0 saturated heterocycles. The average molecular weight is 138 g/mol. The maximum atomic E-state index is 10.5. The van der Waals surface area contributed by atoms with Gasteiger partial charge in [0.2, 0.25) is 0 Å². The number of carbonyl (C=O) groups excluding carboxylic acids is 1. The van der Waals surface area contributed by atoms with Crippen LogP contribution in [0.4, 0.5) is 0 Å². The Morgan fingerprint density at radius 2 is 2.33 bits per heavy atom. The van der Waals surface area contributed by atoms with Gasteiger partial charge >= 0.3 is 0 Å². The molecule has 2 heteroatoms. The van der Waals surface area contributed by atoms with Crippen LogP contribution < -0.4 is 0 Å². The first kappa shape index (κ1) is 8.37. The van der Waals surface area contributed by atoms with Gasteiger partial charge in [-0.05, 0) is 18.9 Å². The molecule has 0 bridgehead atoms. The van der Waals surface area contributed by atoms with Crippen LogP contribution in [0.1, 0.15) is 13.3 Å². The summed E-state index contributed by atoms with van der Waals surface area (Å²) in [7, 11) is 2.13. The van der Waals surface area contributed by atoms with E-state index < -0.39 is 0 Å². The van der Waals surface area contributed by atoms with Gasteiger partial charge in [0.15, 0.2) is 0 Å². The van der Waals surface area contributed by atoms with Gasteiger partial charge < -0.3 is 4.79 Å². The molecule has 0 atom stereocenters. The highest BCUT2D eigenvalue weighted by Crippen LogP contribution is 1.94. The summed E-state index contributed by atoms with van der Waals surface area (Å²) in [5.41, 5.74) is 0.778. The fourth-order valence-electron chi connectivity index (χ4n) is 0.361. The standard InChI is InChI=1S/C7H10OSi/c1-3-4-5-6(2)7(8)9/h3,5,9H,1,4H2,2H3. The van der Waals surface area contributed by atoms with Crippen LogP contribution in [0.3, 0.4) is 0 Å². The van der Waals surface area contributed by atoms with Gasteiger partial charge in [-0.2, -0.15) is 0 Å². The van der Waals surface area contributed by atoms with Gasteiger partial charge in [-0.15, -0.1) is 6.58 Å². The van der Waals surface area contributed by atoms with Gasteiger partial charge in [-0.3, -0.25) is 0 Å². The largest absolute Gasteiger partial charge is 0.301 e. The lowest BCUT2D eigenvalue weighted by Crippen LogP contribution is -1.96. The predicted octanol–water partition coefficient (Wildman–Crippen LogP) is 0.936. The first-order chi connectivity index (χ1) is 4.18. The Labute approximate surface area is 58.9 Å². The minimum absolute atomic E-state index is 0.0526. The molecule has 48 valence electrons. The molecule has 0 aromatic heterocycles. The van der Waals surface area contributed by atoms with Gasteiger partial charge in [0, 0.05) is 0 Å². The molecule has 9 heavy (non-hydrogen) atoms. The molecular weight excluding hydrogens is 128 g/mol. The number of carbonyl (C=O) groups is 1. The van der Waals surface area contributed by atoms with E-state index in [2.05, 4.69) is 16.8 Å². The summed E-state index contributed by atoms with van der Waals surface area (Å²) in [5.74, 6) is 0. The van der Waals surface area contributed by atoms with Gasteiger partial charge in [-0.25, -0.2) is 0 Å². The second-order valence-corrected chi connectivity index (χ2v) is 2.30. The fourth-order valence-corrected chi connectivity index (χ4v) is 0.479. The van der Waals surface area contributed by atoms with Crippen molar-refractivity contribution in [2.24, 2.45) is 0 Å². The highest BCUT2D eigenvalue weighted by molar-refractivity contribution is 6.62. The Balaban J connectivity index is 3.83. The zero-order chi connectivity index (χ0) is 7.28. The highest BCUT2D eigenvalue weighted by atomic mass is 28.1. The average Bonchev–Trinajstić information content (AvgIpc) is 1.82. The van der Waals surface area contributed by atoms with E-state index >= 15 is 0 Å². The van der Waals surface area contributed by atoms with Crippen LogP contribution in [0.25, 0.3) is 0 Å². The van der Waals surface area contributed by atoms with E-state index in [1.807, 2.05) is 6.08 Å². The minimum Gasteiger partial charge on any atom is -0.301 e. The summed E-state index contributed by atoms with van der Waals surface area (Å²) in [5, 5.41) is 0.0526. The Kier molecular flexibility index (Phi) is 3.97. The summed E-state index contributed by atoms with van der Waals surface area (Å²) in [6.07, 6.45) is 4.38. The maximum absolute atomic E-state index is 10.5. The van der Waals surface area contributed by atoms with Crippen molar-refractivity contribution in [2.45, 2.75) is 13.3 Å². The summed E-state index contributed by atoms with van der Waals surface area (Å²) >= 11 is 0. The summed E-state index contributed by atoms with van der Waals surface area (Å²) < 4.78 is 0. The van der Waals surface area contributed by atoms with E-state index in [0.717, 1.165) is 12.0 Å². The molecule has 0 unspecified atom stereocenters. The second-order valence-electron chi connectivity index (χ2n) is 1.78. The van der Waals surface area contributed by atoms with E-state index in [9.17, 15) is 4.79 Å². The van der Waals surface area contributed by atoms with E-state index in [1.54, 1.807) is 13.0 Å². The molecule has 0 heterocycles. The Morgan fingerprint density at radius 1 is 1.78 bits per heavy atom. The predicted molar refractivity (Wildman–Crippen MR) is 40.7 cm³/mol. The molecule has 0 saturated carbocycles. The molecule has 0 aliphatic rings. The molecule has 0 fully saturated rings. The number of hydrogen-bond donors (Lipinski definition) is 0. The third kappa shape index (κ3) is 3.91. The summed E-state index contributed by atoms with van der Waals surface area (Å²) in [6, 6.07) is 0. The third-order valence-electron chi connectivity index (χ3n) is 0.979. The smallest absolute Gasteiger partial charge is 0.127 e. The van der Waals surface area contributed by atoms with Crippen molar-refractivity contribution < 1.29 is 4.79 Å². The van der Waals surface area contributed by atoms with E-state index in [4.69, 9.17) is 0 Å². The number of allylic oxidation sites excluding steroid dienone is 3. The molecule has 0 aromatic carbocycles. The summed E-state index contributed by atoms with van der Waals surface area (Å²) in [4.78, 5) is 10.5. The summed E-state index contributed by atoms with van der Waals surface area (Å²) in [6.45, 7) is 5.32. The number of hydrogen-bond acceptors (Lipinski definition) is 1. The molecule has 0 aromatic rings. The zero-order valence-electron chi connectivity index (χ0n) is 5.55. The second kappa shape index (κ2) is 4.27. The van der Waals surface area contributed by atoms with Crippen LogP contribution in [0.2, 0.25) is 0 Å². The number of rotatable bonds is 3. The molecular formula is C7H10OSi. The normalized spacial score (nSPS) is 11.1. The molecule has 0 rings (SSSR count). The van der Waals surface area contributed by atoms with Crippen LogP contribution in [0.5, 0.6) is 0 Å². The molecule has 0 N–H and O–H groups in total. The van der Waals surface area contributed by atoms with Crippen LogP contribution in [-0.2, 0) is 4.79 Å². The molecule has 1 nitrogen and oxygen atoms in total. The Morgan fingerprint density at radius 3 is 2.67 bits per heavy atom. The van der Waals surface area contributed by atoms with Crippen LogP contribution in [0, 0.1) is 0 Å². The van der Waals surface area contributed by atoms with Gasteiger partial charge in [-0.1, -0.05) is 12.2 Å². The molecule has 0 aliphatic carbocycles. The topological polar surface area (TPSA) is 17.1 Å². The van der Waals surface area contributed by atoms with Gasteiger partial charge in [0.05, 0.1) is 0 Å². The molecule has 0 aliphatic heterocycles. The molecule has 0 amide bonds. The van der Waals surface area contributed by atoms with Crippen molar-refractivity contribution in [3.8, 4) is 0 Å². The van der Waals surface area contributed by atoms with E-state index in [-0.39, 0.29) is 5.41 Å². The third-order valence-corrected chi connectivity index (χ3v) is 1.43. The van der Waals surface area contributed by atoms with Crippen molar-refractivity contribution in [1.82, 2.24) is 0 Å². The highest BCUT2D eigenvalue weighted by Gasteiger charge is 1.91. The molecule has 2 radical (unpaired) electrons. The Bertz CT molecular complexity index is 147. The van der Waals surface area contributed by atoms with Crippen LogP contribution in [0.15, 0.2) is 24.3 Å². The van der Waals surface area contributed by atoms with Crippen molar-refractivity contribution >= 4 is 15.6 Å². The molecule has 0 spiro atoms. The first-order valence-corrected chi connectivity index (χ1v) is 3.33. The van der Waals surface area contributed by atoms with E-state index in [1.165, 1.54) is 0 Å². The maximum Gasteiger partial charge on any atom is 0.127 e. The lowest BCUT2D eigenvalue weighted by atomic mass is 10.2. The SMILES string of the molecule is C=CCC=C(C)C(=O)[SiH]. The first-order valence-electron chi connectivity index (χ1n) is 2.76. The van der Waals surface area contributed by atoms with Gasteiger partial charge in [0.25, 0.3) is 0 Å². The lowest BCUT2D eigenvalue weighted by Gasteiger charge is -1.89. The zero-order valence-corrected chi connectivity index (χ0v) is 6.71. The Hall–Kier alpha value is -0.633. The van der Waals surface area contributed by atoms with Crippen LogP contribution >= 0.6 is 0 Å². The lowest BCUT2D eigenvalue weighted by molar-refractivity contribution is -0.108.